The Morgan fingerprint density at radius 1 is 1.55 bits per heavy atom. The minimum Gasteiger partial charge on any atom is -0.491 e. The van der Waals surface area contributed by atoms with Crippen molar-refractivity contribution in [3.8, 4) is 5.88 Å². The van der Waals surface area contributed by atoms with Crippen LogP contribution in [-0.4, -0.2) is 25.9 Å². The van der Waals surface area contributed by atoms with Crippen molar-refractivity contribution in [1.29, 1.82) is 0 Å². The number of aromatic nitrogens is 3. The van der Waals surface area contributed by atoms with Crippen LogP contribution in [0.2, 0.25) is 0 Å². The Morgan fingerprint density at radius 2 is 2.18 bits per heavy atom. The van der Waals surface area contributed by atoms with Gasteiger partial charge < -0.3 is 9.94 Å². The Labute approximate surface area is 64.5 Å². The minimum atomic E-state index is -0.333. The molecular formula is C6H11N3O2. The lowest BCUT2D eigenvalue weighted by Crippen LogP contribution is -2.31. The highest BCUT2D eigenvalue weighted by molar-refractivity contribution is 4.94. The normalized spacial score (nSPS) is 11.5. The molecule has 0 fully saturated rings. The second-order valence-electron chi connectivity index (χ2n) is 3.18. The van der Waals surface area contributed by atoms with E-state index in [0.29, 0.717) is 0 Å². The van der Waals surface area contributed by atoms with Crippen LogP contribution >= 0.6 is 0 Å². The summed E-state index contributed by atoms with van der Waals surface area (Å²) >= 11 is 0. The SMILES string of the molecule is CC(C)(C)On1cc(O)nn1. The van der Waals surface area contributed by atoms with E-state index in [0.717, 1.165) is 4.85 Å². The number of aromatic hydroxyl groups is 1. The molecule has 0 saturated carbocycles. The van der Waals surface area contributed by atoms with Crippen LogP contribution in [0.3, 0.4) is 0 Å². The molecule has 0 aliphatic carbocycles. The zero-order valence-corrected chi connectivity index (χ0v) is 6.77. The first kappa shape index (κ1) is 7.84. The first-order chi connectivity index (χ1) is 4.97. The number of hydrogen-bond acceptors (Lipinski definition) is 4. The molecule has 0 radical (unpaired) electrons. The summed E-state index contributed by atoms with van der Waals surface area (Å²) in [4.78, 5) is 6.34. The molecule has 0 spiro atoms. The molecule has 0 saturated heterocycles. The first-order valence-electron chi connectivity index (χ1n) is 3.28. The molecule has 62 valence electrons. The highest BCUT2D eigenvalue weighted by Crippen LogP contribution is 2.04. The molecule has 1 aromatic heterocycles. The third-order valence-corrected chi connectivity index (χ3v) is 0.829. The van der Waals surface area contributed by atoms with Gasteiger partial charge in [0.25, 0.3) is 5.88 Å². The van der Waals surface area contributed by atoms with Crippen molar-refractivity contribution < 1.29 is 9.94 Å². The summed E-state index contributed by atoms with van der Waals surface area (Å²) in [6.45, 7) is 5.64. The van der Waals surface area contributed by atoms with E-state index >= 15 is 0 Å². The van der Waals surface area contributed by atoms with E-state index in [9.17, 15) is 0 Å². The Balaban J connectivity index is 2.65. The van der Waals surface area contributed by atoms with Gasteiger partial charge in [-0.3, -0.25) is 0 Å². The molecule has 5 heteroatoms. The summed E-state index contributed by atoms with van der Waals surface area (Å²) in [6, 6.07) is 0. The zero-order valence-electron chi connectivity index (χ0n) is 6.77. The highest BCUT2D eigenvalue weighted by atomic mass is 16.7. The first-order valence-corrected chi connectivity index (χ1v) is 3.28. The summed E-state index contributed by atoms with van der Waals surface area (Å²) < 4.78 is 0. The molecule has 0 atom stereocenters. The average Bonchev–Trinajstić information content (AvgIpc) is 2.10. The van der Waals surface area contributed by atoms with E-state index in [1.807, 2.05) is 20.8 Å². The van der Waals surface area contributed by atoms with Gasteiger partial charge in [-0.2, -0.15) is 0 Å². The summed E-state index contributed by atoms with van der Waals surface area (Å²) in [7, 11) is 0. The highest BCUT2D eigenvalue weighted by Gasteiger charge is 2.12. The average molecular weight is 157 g/mol. The lowest BCUT2D eigenvalue weighted by molar-refractivity contribution is -0.0360. The van der Waals surface area contributed by atoms with Crippen molar-refractivity contribution in [1.82, 2.24) is 15.2 Å². The quantitative estimate of drug-likeness (QED) is 0.633. The predicted octanol–water partition coefficient (Wildman–Crippen LogP) is 0.211. The van der Waals surface area contributed by atoms with Gasteiger partial charge >= 0.3 is 0 Å². The number of hydrogen-bond donors (Lipinski definition) is 1. The van der Waals surface area contributed by atoms with Crippen LogP contribution in [-0.2, 0) is 0 Å². The van der Waals surface area contributed by atoms with Gasteiger partial charge in [-0.25, -0.2) is 0 Å². The van der Waals surface area contributed by atoms with Crippen LogP contribution in [0.15, 0.2) is 6.20 Å². The third-order valence-electron chi connectivity index (χ3n) is 0.829. The lowest BCUT2D eigenvalue weighted by atomic mass is 10.2. The standard InChI is InChI=1S/C6H11N3O2/c1-6(2,3)11-9-4-5(10)7-8-9/h4,10H,1-3H3. The van der Waals surface area contributed by atoms with Crippen LogP contribution in [0.4, 0.5) is 0 Å². The molecule has 1 aromatic rings. The van der Waals surface area contributed by atoms with E-state index in [2.05, 4.69) is 10.3 Å². The van der Waals surface area contributed by atoms with E-state index < -0.39 is 0 Å². The van der Waals surface area contributed by atoms with E-state index in [1.165, 1.54) is 6.20 Å². The van der Waals surface area contributed by atoms with Gasteiger partial charge in [-0.05, 0) is 26.0 Å². The van der Waals surface area contributed by atoms with Crippen LogP contribution in [0.1, 0.15) is 20.8 Å². The maximum Gasteiger partial charge on any atom is 0.254 e. The van der Waals surface area contributed by atoms with Crippen LogP contribution in [0.5, 0.6) is 5.88 Å². The zero-order chi connectivity index (χ0) is 8.48. The van der Waals surface area contributed by atoms with Gasteiger partial charge in [0.15, 0.2) is 0 Å². The summed E-state index contributed by atoms with van der Waals surface area (Å²) in [6.07, 6.45) is 1.30. The molecule has 0 amide bonds. The molecule has 1 rings (SSSR count). The van der Waals surface area contributed by atoms with E-state index in [1.54, 1.807) is 0 Å². The molecule has 0 unspecified atom stereocenters. The van der Waals surface area contributed by atoms with Gasteiger partial charge in [0.1, 0.15) is 11.8 Å². The van der Waals surface area contributed by atoms with Gasteiger partial charge in [-0.1, -0.05) is 9.94 Å². The maximum atomic E-state index is 8.78. The van der Waals surface area contributed by atoms with Crippen molar-refractivity contribution in [3.63, 3.8) is 0 Å². The largest absolute Gasteiger partial charge is 0.491 e. The smallest absolute Gasteiger partial charge is 0.254 e. The number of nitrogens with zero attached hydrogens (tertiary/aromatic N) is 3. The van der Waals surface area contributed by atoms with E-state index in [-0.39, 0.29) is 11.5 Å². The number of rotatable bonds is 1. The third kappa shape index (κ3) is 2.45. The maximum absolute atomic E-state index is 8.78. The Kier molecular flexibility index (Phi) is 1.72. The molecule has 0 aliphatic heterocycles. The van der Waals surface area contributed by atoms with Gasteiger partial charge in [0.05, 0.1) is 0 Å². The van der Waals surface area contributed by atoms with Gasteiger partial charge in [0.2, 0.25) is 0 Å². The van der Waals surface area contributed by atoms with Crippen LogP contribution < -0.4 is 4.84 Å². The van der Waals surface area contributed by atoms with E-state index in [4.69, 9.17) is 9.94 Å². The van der Waals surface area contributed by atoms with Gasteiger partial charge in [0, 0.05) is 0 Å². The predicted molar refractivity (Wildman–Crippen MR) is 38.0 cm³/mol. The topological polar surface area (TPSA) is 60.2 Å². The van der Waals surface area contributed by atoms with Crippen LogP contribution in [0.25, 0.3) is 0 Å². The molecule has 1 N–H and O–H groups in total. The fraction of sp³-hybridized carbons (Fsp3) is 0.667. The second-order valence-corrected chi connectivity index (χ2v) is 3.18. The fourth-order valence-corrected chi connectivity index (χ4v) is 0.566. The van der Waals surface area contributed by atoms with Crippen molar-refractivity contribution in [3.05, 3.63) is 6.20 Å². The van der Waals surface area contributed by atoms with Crippen LogP contribution in [0, 0.1) is 0 Å². The van der Waals surface area contributed by atoms with Crippen molar-refractivity contribution in [2.45, 2.75) is 26.4 Å². The minimum absolute atomic E-state index is 0.144. The molecule has 1 heterocycles. The van der Waals surface area contributed by atoms with Crippen molar-refractivity contribution in [2.75, 3.05) is 0 Å². The molecular weight excluding hydrogens is 146 g/mol. The molecule has 5 nitrogen and oxygen atoms in total. The van der Waals surface area contributed by atoms with Crippen molar-refractivity contribution >= 4 is 0 Å². The summed E-state index contributed by atoms with van der Waals surface area (Å²) in [5.74, 6) is -0.144. The molecule has 11 heavy (non-hydrogen) atoms. The second kappa shape index (κ2) is 2.41. The van der Waals surface area contributed by atoms with Gasteiger partial charge in [-0.15, -0.1) is 0 Å². The Bertz CT molecular complexity index is 238. The molecule has 0 aliphatic rings. The summed E-state index contributed by atoms with van der Waals surface area (Å²) in [5, 5.41) is 15.6. The Morgan fingerprint density at radius 3 is 2.55 bits per heavy atom. The lowest BCUT2D eigenvalue weighted by Gasteiger charge is -2.18. The monoisotopic (exact) mass is 157 g/mol. The molecule has 0 aromatic carbocycles. The summed E-state index contributed by atoms with van der Waals surface area (Å²) in [5.41, 5.74) is -0.333. The van der Waals surface area contributed by atoms with Crippen molar-refractivity contribution in [2.24, 2.45) is 0 Å². The molecule has 0 bridgehead atoms. The fourth-order valence-electron chi connectivity index (χ4n) is 0.566. The Hall–Kier alpha value is -1.26.